The Morgan fingerprint density at radius 1 is 0.976 bits per heavy atom. The van der Waals surface area contributed by atoms with E-state index in [-0.39, 0.29) is 28.9 Å². The third-order valence-electron chi connectivity index (χ3n) is 7.33. The van der Waals surface area contributed by atoms with Crippen LogP contribution in [-0.2, 0) is 12.7 Å². The van der Waals surface area contributed by atoms with E-state index in [1.165, 1.54) is 6.07 Å². The topological polar surface area (TPSA) is 85.3 Å². The number of hydrogen-bond acceptors (Lipinski definition) is 7. The average Bonchev–Trinajstić information content (AvgIpc) is 3.30. The lowest BCUT2D eigenvalue weighted by Gasteiger charge is -2.34. The van der Waals surface area contributed by atoms with Crippen LogP contribution in [0.2, 0.25) is 0 Å². The normalized spacial score (nSPS) is 17.1. The van der Waals surface area contributed by atoms with Crippen LogP contribution in [0, 0.1) is 5.82 Å². The van der Waals surface area contributed by atoms with Crippen LogP contribution >= 0.6 is 0 Å². The van der Waals surface area contributed by atoms with E-state index in [1.807, 2.05) is 4.57 Å². The van der Waals surface area contributed by atoms with E-state index in [9.17, 15) is 30.7 Å². The first-order valence-electron chi connectivity index (χ1n) is 13.1. The van der Waals surface area contributed by atoms with Gasteiger partial charge in [-0.25, -0.2) is 19.3 Å². The number of halogens is 7. The molecule has 2 aliphatic heterocycles. The summed E-state index contributed by atoms with van der Waals surface area (Å²) in [4.78, 5) is 16.6. The van der Waals surface area contributed by atoms with Gasteiger partial charge in [0.2, 0.25) is 5.75 Å². The molecule has 0 radical (unpaired) electrons. The Kier molecular flexibility index (Phi) is 7.99. The molecule has 0 amide bonds. The van der Waals surface area contributed by atoms with Gasteiger partial charge in [-0.15, -0.1) is 0 Å². The van der Waals surface area contributed by atoms with Gasteiger partial charge in [0.15, 0.2) is 18.2 Å². The summed E-state index contributed by atoms with van der Waals surface area (Å²) in [6.07, 6.45) is -4.36. The first-order chi connectivity index (χ1) is 19.4. The van der Waals surface area contributed by atoms with Gasteiger partial charge in [0.25, 0.3) is 0 Å². The first kappa shape index (κ1) is 28.9. The largest absolute Gasteiger partial charge is 0.477 e. The van der Waals surface area contributed by atoms with Crippen LogP contribution in [0.1, 0.15) is 36.6 Å². The van der Waals surface area contributed by atoms with Gasteiger partial charge in [0, 0.05) is 43.9 Å². The van der Waals surface area contributed by atoms with Crippen LogP contribution < -0.4 is 15.4 Å². The van der Waals surface area contributed by atoms with Crippen molar-refractivity contribution in [3.05, 3.63) is 47.9 Å². The van der Waals surface area contributed by atoms with Crippen molar-refractivity contribution in [1.82, 2.24) is 24.4 Å². The van der Waals surface area contributed by atoms with E-state index < -0.39 is 30.3 Å². The average molecular weight is 588 g/mol. The summed E-state index contributed by atoms with van der Waals surface area (Å²) in [6, 6.07) is 2.84. The molecule has 1 aromatic carbocycles. The maximum Gasteiger partial charge on any atom is 0.422 e. The molecule has 0 bridgehead atoms. The van der Waals surface area contributed by atoms with Gasteiger partial charge in [-0.2, -0.15) is 26.3 Å². The standard InChI is InChI=1S/C26H28F7N7O/c27-19-3-2-17(12-18(19)26(31,32)33)20-13-40(11-10-38-6-1-7-38)23(37-20)16-4-8-39(9-5-16)24-21(22(34)35-15-36-24)41-14-25(28,29)30/h2-3,12-13,15-16H,1,4-11,14H2,(H2,34,35,36). The Morgan fingerprint density at radius 2 is 1.71 bits per heavy atom. The molecule has 2 saturated heterocycles. The third kappa shape index (κ3) is 6.66. The van der Waals surface area contributed by atoms with Crippen molar-refractivity contribution in [2.24, 2.45) is 0 Å². The molecule has 0 saturated carbocycles. The second-order valence-corrected chi connectivity index (χ2v) is 10.1. The molecule has 8 nitrogen and oxygen atoms in total. The van der Waals surface area contributed by atoms with Crippen molar-refractivity contribution in [1.29, 1.82) is 0 Å². The van der Waals surface area contributed by atoms with Gasteiger partial charge in [0.05, 0.1) is 11.3 Å². The number of nitrogens with two attached hydrogens (primary N) is 1. The van der Waals surface area contributed by atoms with E-state index in [2.05, 4.69) is 14.9 Å². The summed E-state index contributed by atoms with van der Waals surface area (Å²) in [5.41, 5.74) is 4.90. The van der Waals surface area contributed by atoms with Gasteiger partial charge < -0.3 is 24.8 Å². The fourth-order valence-corrected chi connectivity index (χ4v) is 5.08. The molecule has 2 fully saturated rings. The number of likely N-dealkylation sites (tertiary alicyclic amines) is 1. The summed E-state index contributed by atoms with van der Waals surface area (Å²) in [5, 5.41) is 0. The molecule has 4 heterocycles. The number of hydrogen-bond donors (Lipinski definition) is 1. The highest BCUT2D eigenvalue weighted by Gasteiger charge is 2.35. The lowest BCUT2D eigenvalue weighted by molar-refractivity contribution is -0.153. The van der Waals surface area contributed by atoms with Crippen LogP contribution in [0.25, 0.3) is 11.3 Å². The minimum Gasteiger partial charge on any atom is -0.477 e. The Morgan fingerprint density at radius 3 is 2.34 bits per heavy atom. The number of anilines is 2. The van der Waals surface area contributed by atoms with Crippen molar-refractivity contribution in [2.45, 2.75) is 44.1 Å². The molecule has 0 spiro atoms. The van der Waals surface area contributed by atoms with Crippen LogP contribution in [0.3, 0.4) is 0 Å². The van der Waals surface area contributed by atoms with Crippen LogP contribution in [0.4, 0.5) is 42.4 Å². The first-order valence-corrected chi connectivity index (χ1v) is 13.1. The molecular formula is C26H28F7N7O. The van der Waals surface area contributed by atoms with Crippen LogP contribution in [0.5, 0.6) is 5.75 Å². The maximum absolute atomic E-state index is 13.9. The zero-order valence-electron chi connectivity index (χ0n) is 21.8. The number of piperidine rings is 1. The van der Waals surface area contributed by atoms with Crippen LogP contribution in [-0.4, -0.2) is 69.9 Å². The minimum absolute atomic E-state index is 0.0855. The van der Waals surface area contributed by atoms with Crippen molar-refractivity contribution in [2.75, 3.05) is 50.0 Å². The summed E-state index contributed by atoms with van der Waals surface area (Å²) in [5.74, 6) is -1.03. The van der Waals surface area contributed by atoms with E-state index in [4.69, 9.17) is 15.5 Å². The van der Waals surface area contributed by atoms with E-state index in [0.29, 0.717) is 44.0 Å². The quantitative estimate of drug-likeness (QED) is 0.367. The van der Waals surface area contributed by atoms with Crippen molar-refractivity contribution in [3.63, 3.8) is 0 Å². The molecule has 0 aliphatic carbocycles. The highest BCUT2D eigenvalue weighted by atomic mass is 19.4. The Bertz CT molecular complexity index is 1360. The number of rotatable bonds is 8. The summed E-state index contributed by atoms with van der Waals surface area (Å²) in [6.45, 7) is 2.53. The lowest BCUT2D eigenvalue weighted by atomic mass is 9.95. The lowest BCUT2D eigenvalue weighted by Crippen LogP contribution is -2.39. The number of benzene rings is 1. The molecule has 222 valence electrons. The molecule has 2 aliphatic rings. The highest BCUT2D eigenvalue weighted by molar-refractivity contribution is 5.63. The number of ether oxygens (including phenoxy) is 1. The Hall–Kier alpha value is -3.62. The van der Waals surface area contributed by atoms with Gasteiger partial charge in [-0.1, -0.05) is 0 Å². The fraction of sp³-hybridized carbons (Fsp3) is 0.500. The molecule has 3 aromatic rings. The summed E-state index contributed by atoms with van der Waals surface area (Å²) < 4.78 is 99.2. The van der Waals surface area contributed by atoms with Gasteiger partial charge in [-0.3, -0.25) is 0 Å². The number of nitrogen functional groups attached to an aromatic ring is 1. The smallest absolute Gasteiger partial charge is 0.422 e. The zero-order valence-corrected chi connectivity index (χ0v) is 21.8. The molecule has 41 heavy (non-hydrogen) atoms. The molecule has 2 aromatic heterocycles. The highest BCUT2D eigenvalue weighted by Crippen LogP contribution is 2.38. The van der Waals surface area contributed by atoms with E-state index in [0.717, 1.165) is 44.5 Å². The van der Waals surface area contributed by atoms with Crippen molar-refractivity contribution >= 4 is 11.6 Å². The molecule has 5 rings (SSSR count). The number of aromatic nitrogens is 4. The SMILES string of the molecule is Nc1ncnc(N2CCC(c3nc(-c4ccc(F)c(C(F)(F)F)c4)cn3CCN3CCC3)CC2)c1OCC(F)(F)F. The second kappa shape index (κ2) is 11.3. The minimum atomic E-state index is -4.84. The van der Waals surface area contributed by atoms with Crippen molar-refractivity contribution < 1.29 is 35.5 Å². The van der Waals surface area contributed by atoms with Gasteiger partial charge in [0.1, 0.15) is 18.0 Å². The monoisotopic (exact) mass is 587 g/mol. The predicted octanol–water partition coefficient (Wildman–Crippen LogP) is 5.11. The van der Waals surface area contributed by atoms with Gasteiger partial charge >= 0.3 is 12.4 Å². The summed E-state index contributed by atoms with van der Waals surface area (Å²) in [7, 11) is 0. The second-order valence-electron chi connectivity index (χ2n) is 10.1. The molecule has 2 N–H and O–H groups in total. The molecule has 0 unspecified atom stereocenters. The maximum atomic E-state index is 13.9. The molecule has 0 atom stereocenters. The molecule has 15 heteroatoms. The van der Waals surface area contributed by atoms with E-state index in [1.54, 1.807) is 11.1 Å². The third-order valence-corrected chi connectivity index (χ3v) is 7.33. The van der Waals surface area contributed by atoms with E-state index >= 15 is 0 Å². The summed E-state index contributed by atoms with van der Waals surface area (Å²) >= 11 is 0. The number of nitrogens with zero attached hydrogens (tertiary/aromatic N) is 6. The van der Waals surface area contributed by atoms with Crippen LogP contribution in [0.15, 0.2) is 30.7 Å². The van der Waals surface area contributed by atoms with Gasteiger partial charge in [-0.05, 0) is 50.6 Å². The van der Waals surface area contributed by atoms with Crippen molar-refractivity contribution in [3.8, 4) is 17.0 Å². The predicted molar refractivity (Wildman–Crippen MR) is 136 cm³/mol. The fourth-order valence-electron chi connectivity index (χ4n) is 5.08. The Labute approximate surface area is 230 Å². The Balaban J connectivity index is 1.37. The zero-order chi connectivity index (χ0) is 29.4. The number of alkyl halides is 6. The molecular weight excluding hydrogens is 559 g/mol. The number of imidazole rings is 1.